The zero-order valence-electron chi connectivity index (χ0n) is 13.1. The first kappa shape index (κ1) is 15.5. The van der Waals surface area contributed by atoms with E-state index in [2.05, 4.69) is 49.1 Å². The summed E-state index contributed by atoms with van der Waals surface area (Å²) in [4.78, 5) is 2.69. The van der Waals surface area contributed by atoms with Crippen LogP contribution in [0, 0.1) is 11.8 Å². The summed E-state index contributed by atoms with van der Waals surface area (Å²) in [5.74, 6) is 1.61. The van der Waals surface area contributed by atoms with Gasteiger partial charge < -0.3 is 5.73 Å². The summed E-state index contributed by atoms with van der Waals surface area (Å²) in [6.45, 7) is 7.85. The molecule has 2 nitrogen and oxygen atoms in total. The highest BCUT2D eigenvalue weighted by Crippen LogP contribution is 2.33. The van der Waals surface area contributed by atoms with Crippen molar-refractivity contribution in [1.82, 2.24) is 4.90 Å². The van der Waals surface area contributed by atoms with Gasteiger partial charge in [-0.3, -0.25) is 4.90 Å². The number of nitrogens with zero attached hydrogens (tertiary/aromatic N) is 1. The fourth-order valence-corrected chi connectivity index (χ4v) is 3.83. The molecule has 2 N–H and O–H groups in total. The van der Waals surface area contributed by atoms with Crippen LogP contribution in [0.4, 0.5) is 0 Å². The van der Waals surface area contributed by atoms with Gasteiger partial charge in [0.05, 0.1) is 0 Å². The highest BCUT2D eigenvalue weighted by atomic mass is 15.2. The maximum Gasteiger partial charge on any atom is 0.0236 e. The molecule has 0 heterocycles. The maximum absolute atomic E-state index is 5.74. The van der Waals surface area contributed by atoms with Gasteiger partial charge in [0.2, 0.25) is 0 Å². The van der Waals surface area contributed by atoms with Crippen LogP contribution in [0.3, 0.4) is 0 Å². The van der Waals surface area contributed by atoms with Crippen LogP contribution in [0.25, 0.3) is 0 Å². The number of nitrogens with two attached hydrogens (primary N) is 1. The molecule has 0 aliphatic heterocycles. The first-order valence-electron chi connectivity index (χ1n) is 8.20. The summed E-state index contributed by atoms with van der Waals surface area (Å²) in [6, 6.07) is 11.6. The van der Waals surface area contributed by atoms with Crippen LogP contribution in [0.5, 0.6) is 0 Å². The predicted molar refractivity (Wildman–Crippen MR) is 86.5 cm³/mol. The van der Waals surface area contributed by atoms with Crippen molar-refractivity contribution in [3.05, 3.63) is 35.9 Å². The molecule has 0 aromatic heterocycles. The normalized spacial score (nSPS) is 26.9. The monoisotopic (exact) mass is 274 g/mol. The zero-order chi connectivity index (χ0) is 14.4. The molecular weight excluding hydrogens is 244 g/mol. The highest BCUT2D eigenvalue weighted by Gasteiger charge is 2.32. The minimum atomic E-state index is 0.718. The third kappa shape index (κ3) is 4.07. The molecular formula is C18H30N2. The molecule has 1 aliphatic carbocycles. The molecule has 0 radical (unpaired) electrons. The summed E-state index contributed by atoms with van der Waals surface area (Å²) in [5, 5.41) is 0. The van der Waals surface area contributed by atoms with Gasteiger partial charge in [0, 0.05) is 19.1 Å². The minimum Gasteiger partial charge on any atom is -0.330 e. The van der Waals surface area contributed by atoms with Gasteiger partial charge in [-0.1, -0.05) is 50.6 Å². The van der Waals surface area contributed by atoms with Crippen LogP contribution in [-0.4, -0.2) is 24.0 Å². The number of hydrogen-bond acceptors (Lipinski definition) is 2. The van der Waals surface area contributed by atoms with Crippen LogP contribution in [0.2, 0.25) is 0 Å². The predicted octanol–water partition coefficient (Wildman–Crippen LogP) is 3.66. The van der Waals surface area contributed by atoms with E-state index < -0.39 is 0 Å². The SMILES string of the molecule is CC1CCCC(C)C1N(CCCN)Cc1ccccc1. The van der Waals surface area contributed by atoms with Crippen LogP contribution < -0.4 is 5.73 Å². The van der Waals surface area contributed by atoms with E-state index in [1.54, 1.807) is 0 Å². The third-order valence-electron chi connectivity index (χ3n) is 4.78. The van der Waals surface area contributed by atoms with Gasteiger partial charge in [0.15, 0.2) is 0 Å². The van der Waals surface area contributed by atoms with Crippen molar-refractivity contribution in [2.75, 3.05) is 13.1 Å². The van der Waals surface area contributed by atoms with Crippen molar-refractivity contribution in [3.8, 4) is 0 Å². The van der Waals surface area contributed by atoms with E-state index in [-0.39, 0.29) is 0 Å². The second kappa shape index (κ2) is 7.80. The average molecular weight is 274 g/mol. The average Bonchev–Trinajstić information content (AvgIpc) is 2.45. The van der Waals surface area contributed by atoms with Gasteiger partial charge in [-0.25, -0.2) is 0 Å². The lowest BCUT2D eigenvalue weighted by Gasteiger charge is -2.43. The Balaban J connectivity index is 2.09. The van der Waals surface area contributed by atoms with E-state index in [4.69, 9.17) is 5.73 Å². The van der Waals surface area contributed by atoms with Crippen molar-refractivity contribution in [2.45, 2.75) is 52.1 Å². The molecule has 112 valence electrons. The summed E-state index contributed by atoms with van der Waals surface area (Å²) in [7, 11) is 0. The Hall–Kier alpha value is -0.860. The number of rotatable bonds is 6. The quantitative estimate of drug-likeness (QED) is 0.857. The standard InChI is InChI=1S/C18H30N2/c1-15-8-6-9-16(2)18(15)20(13-7-12-19)14-17-10-4-3-5-11-17/h3-5,10-11,15-16,18H,6-9,12-14,19H2,1-2H3. The lowest BCUT2D eigenvalue weighted by molar-refractivity contribution is 0.0623. The summed E-state index contributed by atoms with van der Waals surface area (Å²) in [6.07, 6.45) is 5.25. The summed E-state index contributed by atoms with van der Waals surface area (Å²) in [5.41, 5.74) is 7.17. The van der Waals surface area contributed by atoms with Crippen molar-refractivity contribution in [1.29, 1.82) is 0 Å². The van der Waals surface area contributed by atoms with Crippen molar-refractivity contribution >= 4 is 0 Å². The largest absolute Gasteiger partial charge is 0.330 e. The lowest BCUT2D eigenvalue weighted by atomic mass is 9.77. The molecule has 0 bridgehead atoms. The van der Waals surface area contributed by atoms with Gasteiger partial charge in [-0.05, 0) is 43.2 Å². The zero-order valence-corrected chi connectivity index (χ0v) is 13.1. The van der Waals surface area contributed by atoms with Crippen molar-refractivity contribution < 1.29 is 0 Å². The molecule has 1 saturated carbocycles. The van der Waals surface area contributed by atoms with E-state index in [9.17, 15) is 0 Å². The van der Waals surface area contributed by atoms with E-state index in [1.165, 1.54) is 24.8 Å². The molecule has 1 aliphatic rings. The Labute approximate surface area is 124 Å². The van der Waals surface area contributed by atoms with E-state index in [0.29, 0.717) is 0 Å². The summed E-state index contributed by atoms with van der Waals surface area (Å²) >= 11 is 0. The molecule has 1 aromatic carbocycles. The third-order valence-corrected chi connectivity index (χ3v) is 4.78. The van der Waals surface area contributed by atoms with Crippen molar-refractivity contribution in [3.63, 3.8) is 0 Å². The fourth-order valence-electron chi connectivity index (χ4n) is 3.83. The molecule has 0 amide bonds. The number of benzene rings is 1. The summed E-state index contributed by atoms with van der Waals surface area (Å²) < 4.78 is 0. The lowest BCUT2D eigenvalue weighted by Crippen LogP contribution is -2.46. The van der Waals surface area contributed by atoms with E-state index >= 15 is 0 Å². The molecule has 0 saturated heterocycles. The van der Waals surface area contributed by atoms with Gasteiger partial charge in [-0.15, -0.1) is 0 Å². The maximum atomic E-state index is 5.74. The topological polar surface area (TPSA) is 29.3 Å². The Morgan fingerprint density at radius 1 is 1.10 bits per heavy atom. The van der Waals surface area contributed by atoms with E-state index in [0.717, 1.165) is 43.9 Å². The fraction of sp³-hybridized carbons (Fsp3) is 0.667. The van der Waals surface area contributed by atoms with Crippen LogP contribution in [-0.2, 0) is 6.54 Å². The minimum absolute atomic E-state index is 0.718. The molecule has 1 fully saturated rings. The van der Waals surface area contributed by atoms with Gasteiger partial charge >= 0.3 is 0 Å². The van der Waals surface area contributed by atoms with Gasteiger partial charge in [0.25, 0.3) is 0 Å². The molecule has 1 aromatic rings. The molecule has 2 unspecified atom stereocenters. The van der Waals surface area contributed by atoms with Crippen molar-refractivity contribution in [2.24, 2.45) is 17.6 Å². The Morgan fingerprint density at radius 3 is 2.35 bits per heavy atom. The molecule has 20 heavy (non-hydrogen) atoms. The molecule has 2 heteroatoms. The second-order valence-electron chi connectivity index (χ2n) is 6.47. The van der Waals surface area contributed by atoms with Crippen LogP contribution in [0.15, 0.2) is 30.3 Å². The number of hydrogen-bond donors (Lipinski definition) is 1. The molecule has 2 rings (SSSR count). The smallest absolute Gasteiger partial charge is 0.0236 e. The van der Waals surface area contributed by atoms with Gasteiger partial charge in [-0.2, -0.15) is 0 Å². The Kier molecular flexibility index (Phi) is 6.06. The van der Waals surface area contributed by atoms with Crippen LogP contribution >= 0.6 is 0 Å². The highest BCUT2D eigenvalue weighted by molar-refractivity contribution is 5.14. The first-order valence-corrected chi connectivity index (χ1v) is 8.20. The molecule has 0 spiro atoms. The van der Waals surface area contributed by atoms with E-state index in [1.807, 2.05) is 0 Å². The second-order valence-corrected chi connectivity index (χ2v) is 6.47. The first-order chi connectivity index (χ1) is 9.72. The van der Waals surface area contributed by atoms with Crippen LogP contribution in [0.1, 0.15) is 45.1 Å². The Morgan fingerprint density at radius 2 is 1.75 bits per heavy atom. The Bertz CT molecular complexity index is 366. The van der Waals surface area contributed by atoms with Gasteiger partial charge in [0.1, 0.15) is 0 Å². The molecule has 2 atom stereocenters.